The molecular formula is C24H34N2O. The standard InChI is InChI=1S/C24H34N2O/c1-16-5-8-22-20-7-6-17-14-23(27)18(15-25-11-12-26(3)4)13-21(17)19(20)9-10-24(16,22)2/h13-15,19-20,22,27H,1,5-12H2,2-4H3/t19-,20+,22-,24+/m0/s1. The number of rotatable bonds is 4. The van der Waals surface area contributed by atoms with E-state index in [4.69, 9.17) is 0 Å². The highest BCUT2D eigenvalue weighted by Gasteiger charge is 2.51. The Labute approximate surface area is 164 Å². The molecule has 0 heterocycles. The average Bonchev–Trinajstić information content (AvgIpc) is 2.94. The van der Waals surface area contributed by atoms with E-state index in [1.54, 1.807) is 0 Å². The Balaban J connectivity index is 1.60. The minimum absolute atomic E-state index is 0.367. The van der Waals surface area contributed by atoms with Gasteiger partial charge in [-0.15, -0.1) is 0 Å². The summed E-state index contributed by atoms with van der Waals surface area (Å²) in [5.41, 5.74) is 5.59. The van der Waals surface area contributed by atoms with Crippen LogP contribution in [0.2, 0.25) is 0 Å². The Kier molecular flexibility index (Phi) is 4.92. The number of hydrogen-bond acceptors (Lipinski definition) is 3. The third-order valence-corrected chi connectivity index (χ3v) is 7.73. The zero-order chi connectivity index (χ0) is 19.2. The first-order valence-electron chi connectivity index (χ1n) is 10.6. The molecule has 0 saturated heterocycles. The van der Waals surface area contributed by atoms with Crippen LogP contribution in [0, 0.1) is 17.3 Å². The van der Waals surface area contributed by atoms with E-state index in [0.717, 1.165) is 36.9 Å². The van der Waals surface area contributed by atoms with Crippen LogP contribution in [0.3, 0.4) is 0 Å². The van der Waals surface area contributed by atoms with E-state index in [-0.39, 0.29) is 0 Å². The lowest BCUT2D eigenvalue weighted by atomic mass is 9.55. The summed E-state index contributed by atoms with van der Waals surface area (Å²) in [4.78, 5) is 6.66. The van der Waals surface area contributed by atoms with Crippen molar-refractivity contribution in [2.45, 2.75) is 51.4 Å². The molecule has 2 saturated carbocycles. The van der Waals surface area contributed by atoms with E-state index < -0.39 is 0 Å². The fourth-order valence-electron chi connectivity index (χ4n) is 6.06. The summed E-state index contributed by atoms with van der Waals surface area (Å²) >= 11 is 0. The molecule has 1 aromatic carbocycles. The van der Waals surface area contributed by atoms with Gasteiger partial charge in [-0.1, -0.05) is 19.1 Å². The molecule has 2 fully saturated rings. The Morgan fingerprint density at radius 1 is 1.26 bits per heavy atom. The van der Waals surface area contributed by atoms with Gasteiger partial charge in [0.1, 0.15) is 5.75 Å². The van der Waals surface area contributed by atoms with Crippen molar-refractivity contribution in [1.29, 1.82) is 0 Å². The van der Waals surface area contributed by atoms with E-state index >= 15 is 0 Å². The van der Waals surface area contributed by atoms with Crippen LogP contribution in [0.1, 0.15) is 61.6 Å². The van der Waals surface area contributed by atoms with Gasteiger partial charge in [-0.2, -0.15) is 0 Å². The first-order valence-corrected chi connectivity index (χ1v) is 10.6. The van der Waals surface area contributed by atoms with Crippen LogP contribution < -0.4 is 0 Å². The maximum atomic E-state index is 10.5. The molecule has 3 aliphatic rings. The highest BCUT2D eigenvalue weighted by Crippen LogP contribution is 2.62. The molecule has 0 spiro atoms. The predicted molar refractivity (Wildman–Crippen MR) is 113 cm³/mol. The molecule has 4 atom stereocenters. The molecule has 0 aromatic heterocycles. The topological polar surface area (TPSA) is 35.8 Å². The third kappa shape index (κ3) is 3.24. The second-order valence-corrected chi connectivity index (χ2v) is 9.46. The number of phenolic OH excluding ortho intramolecular Hbond substituents is 1. The molecule has 0 amide bonds. The number of hydrogen-bond donors (Lipinski definition) is 1. The summed E-state index contributed by atoms with van der Waals surface area (Å²) in [7, 11) is 4.11. The first-order chi connectivity index (χ1) is 12.9. The third-order valence-electron chi connectivity index (χ3n) is 7.73. The number of aliphatic imine (C=N–C) groups is 1. The molecule has 0 aliphatic heterocycles. The van der Waals surface area contributed by atoms with Gasteiger partial charge in [0.15, 0.2) is 0 Å². The van der Waals surface area contributed by atoms with Crippen LogP contribution in [0.15, 0.2) is 29.3 Å². The van der Waals surface area contributed by atoms with Crippen LogP contribution in [-0.4, -0.2) is 43.4 Å². The number of fused-ring (bicyclic) bond motifs is 5. The van der Waals surface area contributed by atoms with Gasteiger partial charge in [-0.25, -0.2) is 0 Å². The van der Waals surface area contributed by atoms with Gasteiger partial charge in [-0.05, 0) is 99.0 Å². The second kappa shape index (κ2) is 7.09. The summed E-state index contributed by atoms with van der Waals surface area (Å²) in [5, 5.41) is 10.5. The van der Waals surface area contributed by atoms with Crippen LogP contribution in [0.4, 0.5) is 0 Å². The van der Waals surface area contributed by atoms with Crippen molar-refractivity contribution in [3.63, 3.8) is 0 Å². The zero-order valence-corrected chi connectivity index (χ0v) is 17.2. The normalized spacial score (nSPS) is 32.6. The van der Waals surface area contributed by atoms with Crippen LogP contribution in [0.5, 0.6) is 5.75 Å². The van der Waals surface area contributed by atoms with Crippen molar-refractivity contribution in [3.8, 4) is 5.75 Å². The number of benzene rings is 1. The number of phenols is 1. The minimum Gasteiger partial charge on any atom is -0.507 e. The lowest BCUT2D eigenvalue weighted by molar-refractivity contribution is 0.0816. The monoisotopic (exact) mass is 366 g/mol. The fourth-order valence-corrected chi connectivity index (χ4v) is 6.06. The van der Waals surface area contributed by atoms with Gasteiger partial charge in [0.05, 0.1) is 6.54 Å². The van der Waals surface area contributed by atoms with Gasteiger partial charge >= 0.3 is 0 Å². The summed E-state index contributed by atoms with van der Waals surface area (Å²) < 4.78 is 0. The highest BCUT2D eigenvalue weighted by atomic mass is 16.3. The predicted octanol–water partition coefficient (Wildman–Crippen LogP) is 4.79. The van der Waals surface area contributed by atoms with Crippen molar-refractivity contribution in [2.75, 3.05) is 27.2 Å². The summed E-state index contributed by atoms with van der Waals surface area (Å²) in [6.07, 6.45) is 9.30. The largest absolute Gasteiger partial charge is 0.507 e. The average molecular weight is 367 g/mol. The SMILES string of the molecule is C=C1CC[C@H]2[C@@H]3CCc4cc(O)c(C=NCCN(C)C)cc4[C@H]3CC[C@]12C. The molecule has 1 aromatic rings. The molecule has 1 N–H and O–H groups in total. The maximum absolute atomic E-state index is 10.5. The van der Waals surface area contributed by atoms with Crippen molar-refractivity contribution >= 4 is 6.21 Å². The lowest BCUT2D eigenvalue weighted by Gasteiger charge is -2.49. The molecule has 146 valence electrons. The molecule has 3 aliphatic carbocycles. The second-order valence-electron chi connectivity index (χ2n) is 9.46. The Bertz CT molecular complexity index is 766. The van der Waals surface area contributed by atoms with Crippen molar-refractivity contribution < 1.29 is 5.11 Å². The summed E-state index contributed by atoms with van der Waals surface area (Å²) in [6.45, 7) is 8.58. The summed E-state index contributed by atoms with van der Waals surface area (Å²) in [6, 6.07) is 4.26. The molecule has 0 bridgehead atoms. The quantitative estimate of drug-likeness (QED) is 0.614. The molecule has 27 heavy (non-hydrogen) atoms. The van der Waals surface area contributed by atoms with Crippen molar-refractivity contribution in [3.05, 3.63) is 41.0 Å². The van der Waals surface area contributed by atoms with Crippen LogP contribution >= 0.6 is 0 Å². The molecular weight excluding hydrogens is 332 g/mol. The van der Waals surface area contributed by atoms with Gasteiger partial charge in [0.2, 0.25) is 0 Å². The van der Waals surface area contributed by atoms with E-state index in [1.165, 1.54) is 48.8 Å². The summed E-state index contributed by atoms with van der Waals surface area (Å²) in [5.74, 6) is 2.60. The molecule has 0 unspecified atom stereocenters. The van der Waals surface area contributed by atoms with Crippen LogP contribution in [0.25, 0.3) is 0 Å². The molecule has 0 radical (unpaired) electrons. The first kappa shape index (κ1) is 18.7. The molecule has 4 rings (SSSR count). The van der Waals surface area contributed by atoms with Gasteiger partial charge in [0, 0.05) is 18.3 Å². The number of likely N-dealkylation sites (N-methyl/N-ethyl adjacent to an activating group) is 1. The van der Waals surface area contributed by atoms with Gasteiger partial charge in [-0.3, -0.25) is 4.99 Å². The molecule has 3 heteroatoms. The van der Waals surface area contributed by atoms with E-state index in [1.807, 2.05) is 12.3 Å². The van der Waals surface area contributed by atoms with Crippen molar-refractivity contribution in [1.82, 2.24) is 4.90 Å². The zero-order valence-electron chi connectivity index (χ0n) is 17.2. The molecule has 3 nitrogen and oxygen atoms in total. The Morgan fingerprint density at radius 3 is 2.85 bits per heavy atom. The highest BCUT2D eigenvalue weighted by molar-refractivity contribution is 5.84. The van der Waals surface area contributed by atoms with Crippen LogP contribution in [-0.2, 0) is 6.42 Å². The van der Waals surface area contributed by atoms with Crippen molar-refractivity contribution in [2.24, 2.45) is 22.2 Å². The van der Waals surface area contributed by atoms with E-state index in [0.29, 0.717) is 17.1 Å². The number of nitrogens with zero attached hydrogens (tertiary/aromatic N) is 2. The fraction of sp³-hybridized carbons (Fsp3) is 0.625. The Hall–Kier alpha value is -1.61. The maximum Gasteiger partial charge on any atom is 0.124 e. The number of aryl methyl sites for hydroxylation is 1. The number of aromatic hydroxyl groups is 1. The van der Waals surface area contributed by atoms with Gasteiger partial charge in [0.25, 0.3) is 0 Å². The number of allylic oxidation sites excluding steroid dienone is 1. The van der Waals surface area contributed by atoms with Gasteiger partial charge < -0.3 is 10.0 Å². The smallest absolute Gasteiger partial charge is 0.124 e. The minimum atomic E-state index is 0.367. The van der Waals surface area contributed by atoms with E-state index in [2.05, 4.69) is 43.6 Å². The van der Waals surface area contributed by atoms with E-state index in [9.17, 15) is 5.11 Å². The lowest BCUT2D eigenvalue weighted by Crippen LogP contribution is -2.40. The Morgan fingerprint density at radius 2 is 2.07 bits per heavy atom.